The lowest BCUT2D eigenvalue weighted by molar-refractivity contribution is -0.134. The number of nitriles is 1. The van der Waals surface area contributed by atoms with E-state index in [-0.39, 0.29) is 18.6 Å². The predicted octanol–water partition coefficient (Wildman–Crippen LogP) is 3.71. The lowest BCUT2D eigenvalue weighted by atomic mass is 10.1. The van der Waals surface area contributed by atoms with Gasteiger partial charge < -0.3 is 9.26 Å². The highest BCUT2D eigenvalue weighted by atomic mass is 16.5. The van der Waals surface area contributed by atoms with Crippen molar-refractivity contribution >= 4 is 5.97 Å². The number of carbonyl (C=O) groups excluding carboxylic acids is 1. The van der Waals surface area contributed by atoms with Gasteiger partial charge in [-0.05, 0) is 24.1 Å². The van der Waals surface area contributed by atoms with Crippen molar-refractivity contribution in [2.45, 2.75) is 26.2 Å². The van der Waals surface area contributed by atoms with Crippen molar-refractivity contribution in [3.8, 4) is 23.2 Å². The summed E-state index contributed by atoms with van der Waals surface area (Å²) in [5.41, 5.74) is 2.41. The Labute approximate surface area is 151 Å². The standard InChI is InChI=1S/C20H17N3O3/c1-2-14-7-9-15(10-8-14)20-22-18(26-23-20)11-12-19(24)25-17-6-4-3-5-16(17)13-21/h3-10H,2,11-12H2,1H3. The van der Waals surface area contributed by atoms with E-state index in [0.29, 0.717) is 17.3 Å². The first-order chi connectivity index (χ1) is 12.7. The van der Waals surface area contributed by atoms with Gasteiger partial charge in [0, 0.05) is 12.0 Å². The second kappa shape index (κ2) is 8.08. The summed E-state index contributed by atoms with van der Waals surface area (Å²) in [6, 6.07) is 16.5. The minimum atomic E-state index is -0.459. The van der Waals surface area contributed by atoms with E-state index in [0.717, 1.165) is 12.0 Å². The average molecular weight is 347 g/mol. The molecule has 130 valence electrons. The minimum Gasteiger partial charge on any atom is -0.425 e. The number of ether oxygens (including phenoxy) is 1. The molecule has 0 saturated carbocycles. The van der Waals surface area contributed by atoms with Gasteiger partial charge in [-0.2, -0.15) is 10.2 Å². The summed E-state index contributed by atoms with van der Waals surface area (Å²) in [4.78, 5) is 16.3. The number of benzene rings is 2. The first kappa shape index (κ1) is 17.4. The lowest BCUT2D eigenvalue weighted by Crippen LogP contribution is -2.10. The van der Waals surface area contributed by atoms with Crippen molar-refractivity contribution in [1.29, 1.82) is 5.26 Å². The molecule has 0 aliphatic heterocycles. The van der Waals surface area contributed by atoms with Crippen LogP contribution in [-0.2, 0) is 17.6 Å². The molecular formula is C20H17N3O3. The molecule has 2 aromatic carbocycles. The number of para-hydroxylation sites is 1. The van der Waals surface area contributed by atoms with Crippen LogP contribution in [0.3, 0.4) is 0 Å². The Morgan fingerprint density at radius 1 is 1.19 bits per heavy atom. The van der Waals surface area contributed by atoms with Gasteiger partial charge in [0.15, 0.2) is 0 Å². The van der Waals surface area contributed by atoms with Gasteiger partial charge in [-0.15, -0.1) is 0 Å². The van der Waals surface area contributed by atoms with E-state index in [4.69, 9.17) is 14.5 Å². The van der Waals surface area contributed by atoms with Gasteiger partial charge in [-0.3, -0.25) is 4.79 Å². The average Bonchev–Trinajstić information content (AvgIpc) is 3.16. The van der Waals surface area contributed by atoms with E-state index >= 15 is 0 Å². The molecule has 3 aromatic rings. The van der Waals surface area contributed by atoms with Crippen LogP contribution in [0.25, 0.3) is 11.4 Å². The highest BCUT2D eigenvalue weighted by Crippen LogP contribution is 2.19. The fraction of sp³-hybridized carbons (Fsp3) is 0.200. The van der Waals surface area contributed by atoms with Gasteiger partial charge in [0.25, 0.3) is 0 Å². The van der Waals surface area contributed by atoms with Crippen LogP contribution in [-0.4, -0.2) is 16.1 Å². The van der Waals surface area contributed by atoms with E-state index in [1.54, 1.807) is 24.3 Å². The molecular weight excluding hydrogens is 330 g/mol. The summed E-state index contributed by atoms with van der Waals surface area (Å²) in [5.74, 6) is 0.651. The van der Waals surface area contributed by atoms with Gasteiger partial charge in [0.2, 0.25) is 11.7 Å². The maximum Gasteiger partial charge on any atom is 0.311 e. The molecule has 1 heterocycles. The third-order valence-corrected chi connectivity index (χ3v) is 3.86. The molecule has 6 nitrogen and oxygen atoms in total. The Kier molecular flexibility index (Phi) is 5.40. The van der Waals surface area contributed by atoms with E-state index < -0.39 is 5.97 Å². The molecule has 1 aromatic heterocycles. The molecule has 0 unspecified atom stereocenters. The zero-order valence-electron chi connectivity index (χ0n) is 14.3. The molecule has 0 bridgehead atoms. The molecule has 0 atom stereocenters. The monoisotopic (exact) mass is 347 g/mol. The molecule has 0 amide bonds. The summed E-state index contributed by atoms with van der Waals surface area (Å²) in [5, 5.41) is 13.0. The number of aromatic nitrogens is 2. The van der Waals surface area contributed by atoms with Gasteiger partial charge in [-0.1, -0.05) is 48.5 Å². The SMILES string of the molecule is CCc1ccc(-c2noc(CCC(=O)Oc3ccccc3C#N)n2)cc1. The fourth-order valence-electron chi connectivity index (χ4n) is 2.39. The molecule has 3 rings (SSSR count). The van der Waals surface area contributed by atoms with Gasteiger partial charge in [0.1, 0.15) is 11.8 Å². The summed E-state index contributed by atoms with van der Waals surface area (Å²) in [6.07, 6.45) is 1.32. The predicted molar refractivity (Wildman–Crippen MR) is 94.2 cm³/mol. The Morgan fingerprint density at radius 3 is 2.69 bits per heavy atom. The van der Waals surface area contributed by atoms with Crippen molar-refractivity contribution < 1.29 is 14.1 Å². The molecule has 6 heteroatoms. The first-order valence-corrected chi connectivity index (χ1v) is 8.31. The summed E-state index contributed by atoms with van der Waals surface area (Å²) in [6.45, 7) is 2.09. The Hall–Kier alpha value is -3.46. The number of aryl methyl sites for hydroxylation is 2. The zero-order chi connectivity index (χ0) is 18.4. The highest BCUT2D eigenvalue weighted by Gasteiger charge is 2.13. The smallest absolute Gasteiger partial charge is 0.311 e. The third-order valence-electron chi connectivity index (χ3n) is 3.86. The van der Waals surface area contributed by atoms with Crippen LogP contribution >= 0.6 is 0 Å². The minimum absolute atomic E-state index is 0.0795. The lowest BCUT2D eigenvalue weighted by Gasteiger charge is -2.04. The normalized spacial score (nSPS) is 10.3. The number of hydrogen-bond donors (Lipinski definition) is 0. The van der Waals surface area contributed by atoms with Crippen LogP contribution in [0.4, 0.5) is 0 Å². The maximum absolute atomic E-state index is 12.0. The number of hydrogen-bond acceptors (Lipinski definition) is 6. The second-order valence-corrected chi connectivity index (χ2v) is 5.64. The van der Waals surface area contributed by atoms with Crippen LogP contribution in [0.15, 0.2) is 53.1 Å². The molecule has 0 aliphatic carbocycles. The quantitative estimate of drug-likeness (QED) is 0.499. The van der Waals surface area contributed by atoms with Gasteiger partial charge in [-0.25, -0.2) is 0 Å². The highest BCUT2D eigenvalue weighted by molar-refractivity contribution is 5.73. The maximum atomic E-state index is 12.0. The Morgan fingerprint density at radius 2 is 1.96 bits per heavy atom. The van der Waals surface area contributed by atoms with Gasteiger partial charge >= 0.3 is 5.97 Å². The summed E-state index contributed by atoms with van der Waals surface area (Å²) < 4.78 is 10.4. The van der Waals surface area contributed by atoms with Crippen molar-refractivity contribution in [2.24, 2.45) is 0 Å². The van der Waals surface area contributed by atoms with E-state index in [2.05, 4.69) is 17.1 Å². The van der Waals surface area contributed by atoms with Gasteiger partial charge in [0.05, 0.1) is 12.0 Å². The topological polar surface area (TPSA) is 89.0 Å². The van der Waals surface area contributed by atoms with Crippen LogP contribution in [0.5, 0.6) is 5.75 Å². The van der Waals surface area contributed by atoms with Crippen molar-refractivity contribution in [3.05, 3.63) is 65.5 Å². The van der Waals surface area contributed by atoms with E-state index in [1.807, 2.05) is 30.3 Å². The molecule has 0 fully saturated rings. The van der Waals surface area contributed by atoms with Crippen LogP contribution in [0, 0.1) is 11.3 Å². The number of rotatable bonds is 6. The van der Waals surface area contributed by atoms with Crippen molar-refractivity contribution in [3.63, 3.8) is 0 Å². The van der Waals surface area contributed by atoms with Crippen molar-refractivity contribution in [2.75, 3.05) is 0 Å². The zero-order valence-corrected chi connectivity index (χ0v) is 14.3. The third kappa shape index (κ3) is 4.14. The second-order valence-electron chi connectivity index (χ2n) is 5.64. The summed E-state index contributed by atoms with van der Waals surface area (Å²) >= 11 is 0. The molecule has 0 radical (unpaired) electrons. The largest absolute Gasteiger partial charge is 0.425 e. The number of esters is 1. The molecule has 0 aliphatic rings. The summed E-state index contributed by atoms with van der Waals surface area (Å²) in [7, 11) is 0. The number of carbonyl (C=O) groups is 1. The van der Waals surface area contributed by atoms with Crippen molar-refractivity contribution in [1.82, 2.24) is 10.1 Å². The molecule has 0 spiro atoms. The van der Waals surface area contributed by atoms with Crippen LogP contribution < -0.4 is 4.74 Å². The fourth-order valence-corrected chi connectivity index (χ4v) is 2.39. The molecule has 26 heavy (non-hydrogen) atoms. The molecule has 0 saturated heterocycles. The Bertz CT molecular complexity index is 939. The number of nitrogens with zero attached hydrogens (tertiary/aromatic N) is 3. The van der Waals surface area contributed by atoms with E-state index in [9.17, 15) is 4.79 Å². The molecule has 0 N–H and O–H groups in total. The van der Waals surface area contributed by atoms with Crippen LogP contribution in [0.1, 0.15) is 30.4 Å². The van der Waals surface area contributed by atoms with Crippen LogP contribution in [0.2, 0.25) is 0 Å². The Balaban J connectivity index is 1.59. The van der Waals surface area contributed by atoms with E-state index in [1.165, 1.54) is 5.56 Å². The first-order valence-electron chi connectivity index (χ1n) is 8.31.